The first-order chi connectivity index (χ1) is 17.1. The van der Waals surface area contributed by atoms with Gasteiger partial charge < -0.3 is 18.8 Å². The number of rotatable bonds is 3. The molecule has 0 N–H and O–H groups in total. The molecule has 2 aliphatic rings. The van der Waals surface area contributed by atoms with Gasteiger partial charge in [0.05, 0.1) is 17.2 Å². The predicted molar refractivity (Wildman–Crippen MR) is 152 cm³/mol. The number of nitrogens with zero attached hydrogens (tertiary/aromatic N) is 1. The Balaban J connectivity index is 0.00000201. The quantitative estimate of drug-likeness (QED) is 0.384. The molecule has 0 spiro atoms. The first-order valence-corrected chi connectivity index (χ1v) is 13.8. The van der Waals surface area contributed by atoms with Gasteiger partial charge in [0.15, 0.2) is 0 Å². The number of hydrogen-bond acceptors (Lipinski definition) is 5. The summed E-state index contributed by atoms with van der Waals surface area (Å²) in [5, 5.41) is 0. The van der Waals surface area contributed by atoms with E-state index in [0.717, 1.165) is 11.0 Å². The van der Waals surface area contributed by atoms with Gasteiger partial charge in [0.1, 0.15) is 24.1 Å². The van der Waals surface area contributed by atoms with Crippen LogP contribution in [0, 0.1) is 0 Å². The molecule has 2 aliphatic heterocycles. The Kier molecular flexibility index (Phi) is 13.3. The standard InChI is InChI=1S/C23H35BFNO5.3C2H6/c1-20(2,3)29-19(27)26-17(14-25)18(28-23(26,8)9)15-10-12-16(13-11-15)24-30-21(4,5)22(6,7)31-24;3*1-2/h10-13,17-18H,14H2,1-9H3;3*1-2H3. The van der Waals surface area contributed by atoms with Gasteiger partial charge in [-0.3, -0.25) is 4.90 Å². The van der Waals surface area contributed by atoms with Crippen LogP contribution in [0.2, 0.25) is 0 Å². The average Bonchev–Trinajstić information content (AvgIpc) is 3.23. The van der Waals surface area contributed by atoms with E-state index < -0.39 is 54.6 Å². The van der Waals surface area contributed by atoms with Gasteiger partial charge in [0.25, 0.3) is 0 Å². The first-order valence-electron chi connectivity index (χ1n) is 13.8. The van der Waals surface area contributed by atoms with Crippen molar-refractivity contribution in [3.05, 3.63) is 29.8 Å². The van der Waals surface area contributed by atoms with E-state index in [4.69, 9.17) is 18.8 Å². The fourth-order valence-electron chi connectivity index (χ4n) is 3.91. The Hall–Kier alpha value is -1.64. The van der Waals surface area contributed by atoms with Crippen molar-refractivity contribution >= 4 is 18.7 Å². The number of benzene rings is 1. The molecule has 2 unspecified atom stereocenters. The van der Waals surface area contributed by atoms with Crippen LogP contribution in [-0.4, -0.2) is 53.4 Å². The van der Waals surface area contributed by atoms with E-state index in [-0.39, 0.29) is 0 Å². The summed E-state index contributed by atoms with van der Waals surface area (Å²) in [7, 11) is -0.477. The van der Waals surface area contributed by atoms with E-state index in [2.05, 4.69) is 0 Å². The summed E-state index contributed by atoms with van der Waals surface area (Å²) in [5.74, 6) is 0. The number of carbonyl (C=O) groups is 1. The Morgan fingerprint density at radius 3 is 1.73 bits per heavy atom. The minimum atomic E-state index is -1.01. The summed E-state index contributed by atoms with van der Waals surface area (Å²) in [5.41, 5.74) is -0.891. The van der Waals surface area contributed by atoms with E-state index in [0.29, 0.717) is 0 Å². The minimum Gasteiger partial charge on any atom is -0.444 e. The Labute approximate surface area is 226 Å². The van der Waals surface area contributed by atoms with Gasteiger partial charge >= 0.3 is 13.2 Å². The second kappa shape index (κ2) is 14.0. The van der Waals surface area contributed by atoms with Crippen molar-refractivity contribution in [2.75, 3.05) is 6.67 Å². The number of amides is 1. The van der Waals surface area contributed by atoms with Gasteiger partial charge in [-0.1, -0.05) is 65.8 Å². The minimum absolute atomic E-state index is 0.428. The number of halogens is 1. The van der Waals surface area contributed by atoms with Crippen LogP contribution >= 0.6 is 0 Å². The van der Waals surface area contributed by atoms with Crippen molar-refractivity contribution in [1.29, 1.82) is 0 Å². The molecule has 0 aliphatic carbocycles. The summed E-state index contributed by atoms with van der Waals surface area (Å²) in [6.07, 6.45) is -1.20. The first kappa shape index (κ1) is 35.4. The highest BCUT2D eigenvalue weighted by Crippen LogP contribution is 2.42. The molecule has 0 bridgehead atoms. The lowest BCUT2D eigenvalue weighted by Gasteiger charge is -2.34. The highest BCUT2D eigenvalue weighted by Gasteiger charge is 2.53. The van der Waals surface area contributed by atoms with Gasteiger partial charge in [-0.2, -0.15) is 0 Å². The van der Waals surface area contributed by atoms with Gasteiger partial charge in [-0.25, -0.2) is 9.18 Å². The summed E-state index contributed by atoms with van der Waals surface area (Å²) in [6.45, 7) is 28.1. The zero-order valence-corrected chi connectivity index (χ0v) is 26.1. The third-order valence-electron chi connectivity index (χ3n) is 6.22. The molecule has 3 rings (SSSR count). The van der Waals surface area contributed by atoms with Crippen LogP contribution in [0.4, 0.5) is 9.18 Å². The lowest BCUT2D eigenvalue weighted by molar-refractivity contribution is -0.0797. The molecule has 0 radical (unpaired) electrons. The lowest BCUT2D eigenvalue weighted by atomic mass is 9.78. The maximum Gasteiger partial charge on any atom is 0.494 e. The third kappa shape index (κ3) is 8.43. The molecular weight excluding hydrogens is 472 g/mol. The van der Waals surface area contributed by atoms with Gasteiger partial charge in [-0.15, -0.1) is 0 Å². The molecular formula is C29H53BFNO5. The fraction of sp³-hybridized carbons (Fsp3) is 0.759. The fourth-order valence-corrected chi connectivity index (χ4v) is 3.91. The van der Waals surface area contributed by atoms with Crippen LogP contribution in [0.15, 0.2) is 24.3 Å². The molecule has 1 aromatic carbocycles. The summed E-state index contributed by atoms with van der Waals surface area (Å²) < 4.78 is 38.0. The van der Waals surface area contributed by atoms with Crippen molar-refractivity contribution in [1.82, 2.24) is 4.90 Å². The van der Waals surface area contributed by atoms with Gasteiger partial charge in [0.2, 0.25) is 0 Å². The number of carbonyl (C=O) groups excluding carboxylic acids is 1. The molecule has 2 atom stereocenters. The number of hydrogen-bond donors (Lipinski definition) is 0. The maximum absolute atomic E-state index is 14.1. The summed E-state index contributed by atoms with van der Waals surface area (Å²) >= 11 is 0. The normalized spacial score (nSPS) is 23.0. The molecule has 1 amide bonds. The van der Waals surface area contributed by atoms with E-state index in [1.54, 1.807) is 34.6 Å². The summed E-state index contributed by atoms with van der Waals surface area (Å²) in [6, 6.07) is 6.77. The molecule has 8 heteroatoms. The number of alkyl halides is 1. The molecule has 2 saturated heterocycles. The van der Waals surface area contributed by atoms with E-state index >= 15 is 0 Å². The topological polar surface area (TPSA) is 57.2 Å². The second-order valence-electron chi connectivity index (χ2n) is 10.8. The molecule has 6 nitrogen and oxygen atoms in total. The van der Waals surface area contributed by atoms with Crippen LogP contribution in [0.25, 0.3) is 0 Å². The summed E-state index contributed by atoms with van der Waals surface area (Å²) in [4.78, 5) is 14.2. The molecule has 37 heavy (non-hydrogen) atoms. The van der Waals surface area contributed by atoms with Crippen molar-refractivity contribution in [2.45, 2.75) is 139 Å². The maximum atomic E-state index is 14.1. The highest BCUT2D eigenvalue weighted by atomic mass is 19.1. The Morgan fingerprint density at radius 1 is 0.919 bits per heavy atom. The third-order valence-corrected chi connectivity index (χ3v) is 6.22. The van der Waals surface area contributed by atoms with E-state index in [1.165, 1.54) is 4.90 Å². The average molecular weight is 526 g/mol. The molecule has 1 aromatic rings. The molecule has 2 heterocycles. The van der Waals surface area contributed by atoms with Crippen molar-refractivity contribution in [3.63, 3.8) is 0 Å². The monoisotopic (exact) mass is 525 g/mol. The highest BCUT2D eigenvalue weighted by molar-refractivity contribution is 6.62. The van der Waals surface area contributed by atoms with Crippen LogP contribution in [0.5, 0.6) is 0 Å². The molecule has 0 saturated carbocycles. The van der Waals surface area contributed by atoms with E-state index in [1.807, 2.05) is 93.5 Å². The van der Waals surface area contributed by atoms with Crippen LogP contribution in [0.3, 0.4) is 0 Å². The Bertz CT molecular complexity index is 805. The molecule has 0 aromatic heterocycles. The van der Waals surface area contributed by atoms with Gasteiger partial charge in [-0.05, 0) is 73.3 Å². The van der Waals surface area contributed by atoms with Crippen molar-refractivity contribution < 1.29 is 28.0 Å². The smallest absolute Gasteiger partial charge is 0.444 e. The van der Waals surface area contributed by atoms with E-state index in [9.17, 15) is 9.18 Å². The van der Waals surface area contributed by atoms with Crippen LogP contribution < -0.4 is 5.46 Å². The largest absolute Gasteiger partial charge is 0.494 e. The van der Waals surface area contributed by atoms with Crippen LogP contribution in [-0.2, 0) is 18.8 Å². The lowest BCUT2D eigenvalue weighted by Crippen LogP contribution is -2.50. The van der Waals surface area contributed by atoms with Gasteiger partial charge in [0, 0.05) is 0 Å². The van der Waals surface area contributed by atoms with Crippen molar-refractivity contribution in [3.8, 4) is 0 Å². The predicted octanol–water partition coefficient (Wildman–Crippen LogP) is 7.45. The zero-order valence-electron chi connectivity index (χ0n) is 26.1. The molecule has 214 valence electrons. The molecule has 2 fully saturated rings. The number of ether oxygens (including phenoxy) is 2. The van der Waals surface area contributed by atoms with Crippen molar-refractivity contribution in [2.24, 2.45) is 0 Å². The second-order valence-corrected chi connectivity index (χ2v) is 10.8. The Morgan fingerprint density at radius 2 is 1.35 bits per heavy atom. The zero-order chi connectivity index (χ0) is 29.4. The SMILES string of the molecule is CC.CC.CC.CC(C)(C)OC(=O)N1C(CF)C(c2ccc(B3OC(C)(C)C(C)(C)O3)cc2)OC1(C)C. The van der Waals surface area contributed by atoms with Crippen LogP contribution in [0.1, 0.15) is 116 Å².